The molecule has 6 heteroatoms. The fourth-order valence-electron chi connectivity index (χ4n) is 2.37. The van der Waals surface area contributed by atoms with E-state index in [0.29, 0.717) is 24.1 Å². The molecule has 0 spiro atoms. The molecule has 0 bridgehead atoms. The second kappa shape index (κ2) is 7.47. The number of carbonyl (C=O) groups excluding carboxylic acids is 1. The molecule has 1 saturated heterocycles. The second-order valence-corrected chi connectivity index (χ2v) is 5.57. The van der Waals surface area contributed by atoms with Gasteiger partial charge in [0.05, 0.1) is 11.8 Å². The largest absolute Gasteiger partial charge is 0.389 e. The first-order valence-corrected chi connectivity index (χ1v) is 7.48. The number of hydrogen-bond acceptors (Lipinski definition) is 3. The summed E-state index contributed by atoms with van der Waals surface area (Å²) in [5.74, 6) is -0.584. The van der Waals surface area contributed by atoms with E-state index in [1.54, 1.807) is 0 Å². The molecule has 1 heterocycles. The van der Waals surface area contributed by atoms with Gasteiger partial charge in [0.15, 0.2) is 0 Å². The average molecular weight is 310 g/mol. The first kappa shape index (κ1) is 15.9. The quantitative estimate of drug-likeness (QED) is 0.821. The normalized spacial score (nSPS) is 18.2. The minimum atomic E-state index is -0.439. The van der Waals surface area contributed by atoms with Gasteiger partial charge in [0.25, 0.3) is 0 Å². The van der Waals surface area contributed by atoms with Crippen molar-refractivity contribution in [1.29, 1.82) is 0 Å². The van der Waals surface area contributed by atoms with Gasteiger partial charge in [-0.15, -0.1) is 0 Å². The SMILES string of the molecule is NC(=S)c1cc(F)ccc1NC(=O)CCC1CCCCO1. The first-order valence-electron chi connectivity index (χ1n) is 7.07. The maximum atomic E-state index is 13.2. The molecular weight excluding hydrogens is 291 g/mol. The Bertz CT molecular complexity index is 530. The van der Waals surface area contributed by atoms with E-state index in [1.807, 2.05) is 0 Å². The van der Waals surface area contributed by atoms with Crippen LogP contribution in [-0.2, 0) is 9.53 Å². The standard InChI is InChI=1S/C15H19FN2O2S/c16-10-4-6-13(12(9-10)15(17)21)18-14(19)7-5-11-3-1-2-8-20-11/h4,6,9,11H,1-3,5,7-8H2,(H2,17,21)(H,18,19). The van der Waals surface area contributed by atoms with Crippen LogP contribution in [0, 0.1) is 5.82 Å². The molecule has 1 atom stereocenters. The number of nitrogens with one attached hydrogen (secondary N) is 1. The maximum absolute atomic E-state index is 13.2. The highest BCUT2D eigenvalue weighted by Crippen LogP contribution is 2.20. The summed E-state index contributed by atoms with van der Waals surface area (Å²) in [6.45, 7) is 0.774. The Morgan fingerprint density at radius 1 is 1.48 bits per heavy atom. The van der Waals surface area contributed by atoms with Crippen molar-refractivity contribution in [3.63, 3.8) is 0 Å². The Kier molecular flexibility index (Phi) is 5.64. The Hall–Kier alpha value is -1.53. The maximum Gasteiger partial charge on any atom is 0.224 e. The van der Waals surface area contributed by atoms with Crippen LogP contribution in [0.25, 0.3) is 0 Å². The molecule has 1 aliphatic rings. The number of thiocarbonyl (C=S) groups is 1. The molecule has 1 aromatic rings. The molecule has 1 unspecified atom stereocenters. The van der Waals surface area contributed by atoms with Crippen LogP contribution in [0.1, 0.15) is 37.7 Å². The molecule has 114 valence electrons. The molecule has 0 saturated carbocycles. The van der Waals surface area contributed by atoms with Crippen LogP contribution in [-0.4, -0.2) is 23.6 Å². The second-order valence-electron chi connectivity index (χ2n) is 5.13. The van der Waals surface area contributed by atoms with Crippen LogP contribution >= 0.6 is 12.2 Å². The van der Waals surface area contributed by atoms with Crippen molar-refractivity contribution in [3.8, 4) is 0 Å². The van der Waals surface area contributed by atoms with Gasteiger partial charge in [-0.3, -0.25) is 4.79 Å². The van der Waals surface area contributed by atoms with Crippen molar-refractivity contribution >= 4 is 28.8 Å². The third-order valence-electron chi connectivity index (χ3n) is 3.49. The third-order valence-corrected chi connectivity index (χ3v) is 3.71. The van der Waals surface area contributed by atoms with Crippen LogP contribution in [0.2, 0.25) is 0 Å². The molecular formula is C15H19FN2O2S. The van der Waals surface area contributed by atoms with Gasteiger partial charge >= 0.3 is 0 Å². The number of ether oxygens (including phenoxy) is 1. The smallest absolute Gasteiger partial charge is 0.224 e. The molecule has 21 heavy (non-hydrogen) atoms. The summed E-state index contributed by atoms with van der Waals surface area (Å²) < 4.78 is 18.8. The fraction of sp³-hybridized carbons (Fsp3) is 0.467. The van der Waals surface area contributed by atoms with E-state index < -0.39 is 5.82 Å². The van der Waals surface area contributed by atoms with Gasteiger partial charge in [-0.1, -0.05) is 12.2 Å². The van der Waals surface area contributed by atoms with Gasteiger partial charge in [0, 0.05) is 18.6 Å². The van der Waals surface area contributed by atoms with E-state index >= 15 is 0 Å². The van der Waals surface area contributed by atoms with Gasteiger partial charge in [-0.2, -0.15) is 0 Å². The number of rotatable bonds is 5. The molecule has 1 aliphatic heterocycles. The molecule has 4 nitrogen and oxygen atoms in total. The van der Waals surface area contributed by atoms with Crippen molar-refractivity contribution in [1.82, 2.24) is 0 Å². The molecule has 0 radical (unpaired) electrons. The predicted octanol–water partition coefficient (Wildman–Crippen LogP) is 2.75. The highest BCUT2D eigenvalue weighted by molar-refractivity contribution is 7.80. The van der Waals surface area contributed by atoms with E-state index in [0.717, 1.165) is 25.9 Å². The third kappa shape index (κ3) is 4.75. The number of halogens is 1. The topological polar surface area (TPSA) is 64.3 Å². The summed E-state index contributed by atoms with van der Waals surface area (Å²) in [4.78, 5) is 12.0. The van der Waals surface area contributed by atoms with E-state index in [1.165, 1.54) is 18.2 Å². The zero-order valence-electron chi connectivity index (χ0n) is 11.7. The lowest BCUT2D eigenvalue weighted by atomic mass is 10.0. The molecule has 2 rings (SSSR count). The van der Waals surface area contributed by atoms with Crippen molar-refractivity contribution in [2.45, 2.75) is 38.2 Å². The highest BCUT2D eigenvalue weighted by atomic mass is 32.1. The number of carbonyl (C=O) groups is 1. The fourth-order valence-corrected chi connectivity index (χ4v) is 2.54. The molecule has 1 amide bonds. The van der Waals surface area contributed by atoms with E-state index in [-0.39, 0.29) is 17.0 Å². The number of hydrogen-bond donors (Lipinski definition) is 2. The van der Waals surface area contributed by atoms with E-state index in [9.17, 15) is 9.18 Å². The Balaban J connectivity index is 1.91. The molecule has 1 fully saturated rings. The van der Waals surface area contributed by atoms with Crippen LogP contribution < -0.4 is 11.1 Å². The summed E-state index contributed by atoms with van der Waals surface area (Å²) in [5.41, 5.74) is 6.33. The minimum absolute atomic E-state index is 0.0559. The Labute approximate surface area is 128 Å². The number of anilines is 1. The lowest BCUT2D eigenvalue weighted by molar-refractivity contribution is -0.117. The van der Waals surface area contributed by atoms with Crippen molar-refractivity contribution in [3.05, 3.63) is 29.6 Å². The Morgan fingerprint density at radius 3 is 2.95 bits per heavy atom. The molecule has 1 aromatic carbocycles. The van der Waals surface area contributed by atoms with Crippen molar-refractivity contribution in [2.75, 3.05) is 11.9 Å². The molecule has 0 aromatic heterocycles. The van der Waals surface area contributed by atoms with Crippen LogP contribution in [0.3, 0.4) is 0 Å². The van der Waals surface area contributed by atoms with Crippen LogP contribution in [0.15, 0.2) is 18.2 Å². The summed E-state index contributed by atoms with van der Waals surface area (Å²) in [7, 11) is 0. The first-order chi connectivity index (χ1) is 10.1. The monoisotopic (exact) mass is 310 g/mol. The Morgan fingerprint density at radius 2 is 2.29 bits per heavy atom. The van der Waals surface area contributed by atoms with Crippen molar-refractivity contribution < 1.29 is 13.9 Å². The van der Waals surface area contributed by atoms with Gasteiger partial charge in [0.2, 0.25) is 5.91 Å². The summed E-state index contributed by atoms with van der Waals surface area (Å²) in [6, 6.07) is 3.96. The van der Waals surface area contributed by atoms with Gasteiger partial charge < -0.3 is 15.8 Å². The van der Waals surface area contributed by atoms with Crippen molar-refractivity contribution in [2.24, 2.45) is 5.73 Å². The van der Waals surface area contributed by atoms with Crippen LogP contribution in [0.4, 0.5) is 10.1 Å². The van der Waals surface area contributed by atoms with E-state index in [2.05, 4.69) is 5.32 Å². The predicted molar refractivity (Wildman–Crippen MR) is 83.7 cm³/mol. The molecule has 3 N–H and O–H groups in total. The summed E-state index contributed by atoms with van der Waals surface area (Å²) >= 11 is 4.87. The number of amides is 1. The summed E-state index contributed by atoms with van der Waals surface area (Å²) in [5, 5.41) is 2.73. The lowest BCUT2D eigenvalue weighted by Crippen LogP contribution is -2.22. The number of nitrogens with two attached hydrogens (primary N) is 1. The summed E-state index contributed by atoms with van der Waals surface area (Å²) in [6.07, 6.45) is 4.45. The van der Waals surface area contributed by atoms with Gasteiger partial charge in [-0.25, -0.2) is 4.39 Å². The lowest BCUT2D eigenvalue weighted by Gasteiger charge is -2.22. The highest BCUT2D eigenvalue weighted by Gasteiger charge is 2.16. The van der Waals surface area contributed by atoms with Crippen LogP contribution in [0.5, 0.6) is 0 Å². The van der Waals surface area contributed by atoms with E-state index in [4.69, 9.17) is 22.7 Å². The zero-order chi connectivity index (χ0) is 15.2. The molecule has 0 aliphatic carbocycles. The number of benzene rings is 1. The zero-order valence-corrected chi connectivity index (χ0v) is 12.5. The minimum Gasteiger partial charge on any atom is -0.389 e. The van der Waals surface area contributed by atoms with Gasteiger partial charge in [-0.05, 0) is 43.9 Å². The van der Waals surface area contributed by atoms with Gasteiger partial charge in [0.1, 0.15) is 10.8 Å². The average Bonchev–Trinajstić information content (AvgIpc) is 2.48.